The van der Waals surface area contributed by atoms with Crippen LogP contribution in [-0.2, 0) is 6.42 Å². The molecule has 6 nitrogen and oxygen atoms in total. The Bertz CT molecular complexity index is 616. The molecule has 2 heterocycles. The summed E-state index contributed by atoms with van der Waals surface area (Å²) < 4.78 is 5.26. The van der Waals surface area contributed by atoms with Crippen LogP contribution in [0.25, 0.3) is 0 Å². The number of para-hydroxylation sites is 1. The number of methoxy groups -OCH3 is 1. The lowest BCUT2D eigenvalue weighted by Gasteiger charge is -2.16. The summed E-state index contributed by atoms with van der Waals surface area (Å²) in [5.74, 6) is 0.675. The highest BCUT2D eigenvalue weighted by atomic mass is 16.5. The lowest BCUT2D eigenvalue weighted by atomic mass is 10.2. The molecule has 0 amide bonds. The molecule has 1 aliphatic rings. The third kappa shape index (κ3) is 3.10. The van der Waals surface area contributed by atoms with Gasteiger partial charge in [0, 0.05) is 18.3 Å². The van der Waals surface area contributed by atoms with Crippen molar-refractivity contribution >= 4 is 5.69 Å². The van der Waals surface area contributed by atoms with Crippen LogP contribution in [0.1, 0.15) is 5.56 Å². The van der Waals surface area contributed by atoms with Crippen molar-refractivity contribution in [1.29, 1.82) is 0 Å². The zero-order valence-electron chi connectivity index (χ0n) is 11.9. The van der Waals surface area contributed by atoms with Crippen LogP contribution < -0.4 is 9.75 Å². The van der Waals surface area contributed by atoms with Crippen LogP contribution in [0.15, 0.2) is 59.1 Å². The average Bonchev–Trinajstić information content (AvgIpc) is 3.03. The summed E-state index contributed by atoms with van der Waals surface area (Å²) in [4.78, 5) is 4.20. The molecule has 1 aromatic heterocycles. The Morgan fingerprint density at radius 3 is 2.76 bits per heavy atom. The highest BCUT2D eigenvalue weighted by molar-refractivity contribution is 5.44. The molecule has 0 fully saturated rings. The van der Waals surface area contributed by atoms with Gasteiger partial charge < -0.3 is 4.74 Å². The third-order valence-corrected chi connectivity index (χ3v) is 3.31. The fourth-order valence-electron chi connectivity index (χ4n) is 2.21. The van der Waals surface area contributed by atoms with Gasteiger partial charge in [0.05, 0.1) is 12.8 Å². The van der Waals surface area contributed by atoms with Gasteiger partial charge in [-0.15, -0.1) is 0 Å². The van der Waals surface area contributed by atoms with Gasteiger partial charge in [-0.05, 0) is 29.8 Å². The highest BCUT2D eigenvalue weighted by Gasteiger charge is 2.17. The van der Waals surface area contributed by atoms with E-state index in [9.17, 15) is 0 Å². The topological polar surface area (TPSA) is 53.3 Å². The molecule has 0 aliphatic carbocycles. The number of pyridine rings is 1. The minimum Gasteiger partial charge on any atom is -0.481 e. The molecule has 0 saturated heterocycles. The van der Waals surface area contributed by atoms with Crippen molar-refractivity contribution in [1.82, 2.24) is 9.99 Å². The third-order valence-electron chi connectivity index (χ3n) is 3.31. The number of anilines is 1. The highest BCUT2D eigenvalue weighted by Crippen LogP contribution is 2.20. The maximum Gasteiger partial charge on any atom is 0.216 e. The molecule has 0 spiro atoms. The molecule has 0 atom stereocenters. The lowest BCUT2D eigenvalue weighted by Crippen LogP contribution is -2.26. The summed E-state index contributed by atoms with van der Waals surface area (Å²) >= 11 is 0. The lowest BCUT2D eigenvalue weighted by molar-refractivity contribution is 0.316. The van der Waals surface area contributed by atoms with Gasteiger partial charge in [-0.25, -0.2) is 9.99 Å². The standard InChI is InChI=1S/C15H17N5O/c1-21-15-13(6-5-10-16-15)9-11-19-12-20(18-17-19)14-7-3-2-4-8-14/h2-8,10H,9,11-12H2,1H3. The number of hydrogen-bond acceptors (Lipinski definition) is 6. The van der Waals surface area contributed by atoms with Gasteiger partial charge in [-0.1, -0.05) is 29.5 Å². The van der Waals surface area contributed by atoms with E-state index in [1.54, 1.807) is 13.3 Å². The van der Waals surface area contributed by atoms with Crippen molar-refractivity contribution in [2.45, 2.75) is 6.42 Å². The number of aromatic nitrogens is 1. The molecule has 6 heteroatoms. The van der Waals surface area contributed by atoms with Crippen LogP contribution >= 0.6 is 0 Å². The van der Waals surface area contributed by atoms with Crippen molar-refractivity contribution in [2.75, 3.05) is 25.3 Å². The van der Waals surface area contributed by atoms with E-state index in [0.717, 1.165) is 24.2 Å². The van der Waals surface area contributed by atoms with Crippen molar-refractivity contribution in [3.05, 3.63) is 54.2 Å². The molecule has 108 valence electrons. The zero-order valence-corrected chi connectivity index (χ0v) is 11.9. The molecule has 21 heavy (non-hydrogen) atoms. The van der Waals surface area contributed by atoms with E-state index in [-0.39, 0.29) is 0 Å². The maximum absolute atomic E-state index is 5.26. The fraction of sp³-hybridized carbons (Fsp3) is 0.267. The first-order valence-electron chi connectivity index (χ1n) is 6.84. The molecule has 0 bridgehead atoms. The van der Waals surface area contributed by atoms with E-state index >= 15 is 0 Å². The summed E-state index contributed by atoms with van der Waals surface area (Å²) in [5, 5.41) is 12.2. The van der Waals surface area contributed by atoms with E-state index in [0.29, 0.717) is 12.5 Å². The number of rotatable bonds is 5. The quantitative estimate of drug-likeness (QED) is 0.846. The molecule has 0 unspecified atom stereocenters. The van der Waals surface area contributed by atoms with Gasteiger partial charge >= 0.3 is 0 Å². The zero-order chi connectivity index (χ0) is 14.5. The van der Waals surface area contributed by atoms with Crippen molar-refractivity contribution in [3.63, 3.8) is 0 Å². The predicted octanol–water partition coefficient (Wildman–Crippen LogP) is 2.69. The van der Waals surface area contributed by atoms with Gasteiger partial charge in [-0.3, -0.25) is 5.01 Å². The summed E-state index contributed by atoms with van der Waals surface area (Å²) in [7, 11) is 1.64. The van der Waals surface area contributed by atoms with Crippen molar-refractivity contribution in [2.24, 2.45) is 10.4 Å². The van der Waals surface area contributed by atoms with E-state index in [4.69, 9.17) is 4.74 Å². The molecule has 2 aromatic rings. The van der Waals surface area contributed by atoms with Crippen LogP contribution in [0.3, 0.4) is 0 Å². The van der Waals surface area contributed by atoms with Crippen LogP contribution in [-0.4, -0.2) is 30.3 Å². The Labute approximate surface area is 123 Å². The van der Waals surface area contributed by atoms with Gasteiger partial charge in [0.25, 0.3) is 0 Å². The first-order chi connectivity index (χ1) is 10.4. The monoisotopic (exact) mass is 283 g/mol. The molecule has 3 rings (SSSR count). The first kappa shape index (κ1) is 13.4. The molecule has 0 radical (unpaired) electrons. The minimum atomic E-state index is 0.659. The Balaban J connectivity index is 1.57. The van der Waals surface area contributed by atoms with Gasteiger partial charge in [-0.2, -0.15) is 0 Å². The number of ether oxygens (including phenoxy) is 1. The largest absolute Gasteiger partial charge is 0.481 e. The fourth-order valence-corrected chi connectivity index (χ4v) is 2.21. The van der Waals surface area contributed by atoms with Crippen molar-refractivity contribution < 1.29 is 4.74 Å². The van der Waals surface area contributed by atoms with Crippen molar-refractivity contribution in [3.8, 4) is 5.88 Å². The van der Waals surface area contributed by atoms with Crippen LogP contribution in [0.4, 0.5) is 5.69 Å². The Kier molecular flexibility index (Phi) is 3.95. The van der Waals surface area contributed by atoms with E-state index < -0.39 is 0 Å². The molecular formula is C15H17N5O. The SMILES string of the molecule is COc1ncccc1CCN1CN(c2ccccc2)N=N1. The van der Waals surface area contributed by atoms with Crippen LogP contribution in [0.2, 0.25) is 0 Å². The second kappa shape index (κ2) is 6.21. The van der Waals surface area contributed by atoms with E-state index in [1.165, 1.54) is 0 Å². The Hall–Kier alpha value is -2.63. The second-order valence-electron chi connectivity index (χ2n) is 4.71. The second-order valence-corrected chi connectivity index (χ2v) is 4.71. The Morgan fingerprint density at radius 2 is 1.95 bits per heavy atom. The summed E-state index contributed by atoms with van der Waals surface area (Å²) in [6.07, 6.45) is 2.55. The van der Waals surface area contributed by atoms with Gasteiger partial charge in [0.1, 0.15) is 6.67 Å². The molecule has 0 N–H and O–H groups in total. The molecule has 1 aromatic carbocycles. The van der Waals surface area contributed by atoms with Crippen LogP contribution in [0, 0.1) is 0 Å². The maximum atomic E-state index is 5.26. The molecular weight excluding hydrogens is 266 g/mol. The van der Waals surface area contributed by atoms with Gasteiger partial charge in [0.15, 0.2) is 0 Å². The normalized spacial score (nSPS) is 13.8. The molecule has 0 saturated carbocycles. The number of nitrogens with zero attached hydrogens (tertiary/aromatic N) is 5. The first-order valence-corrected chi connectivity index (χ1v) is 6.84. The molecule has 1 aliphatic heterocycles. The van der Waals surface area contributed by atoms with E-state index in [1.807, 2.05) is 52.5 Å². The minimum absolute atomic E-state index is 0.659. The van der Waals surface area contributed by atoms with Gasteiger partial charge in [0.2, 0.25) is 5.88 Å². The average molecular weight is 283 g/mol. The number of hydrogen-bond donors (Lipinski definition) is 0. The van der Waals surface area contributed by atoms with E-state index in [2.05, 4.69) is 15.4 Å². The summed E-state index contributed by atoms with van der Waals surface area (Å²) in [6, 6.07) is 14.0. The van der Waals surface area contributed by atoms with Crippen LogP contribution in [0.5, 0.6) is 5.88 Å². The smallest absolute Gasteiger partial charge is 0.216 e. The number of benzene rings is 1. The summed E-state index contributed by atoms with van der Waals surface area (Å²) in [6.45, 7) is 1.43. The predicted molar refractivity (Wildman–Crippen MR) is 79.8 cm³/mol. The summed E-state index contributed by atoms with van der Waals surface area (Å²) in [5.41, 5.74) is 2.12. The Morgan fingerprint density at radius 1 is 1.10 bits per heavy atom.